The number of carbonyl (C=O) groups excluding carboxylic acids is 1. The Kier molecular flexibility index (Phi) is 6.70. The van der Waals surface area contributed by atoms with Gasteiger partial charge in [0.15, 0.2) is 5.69 Å². The van der Waals surface area contributed by atoms with Crippen LogP contribution in [0.15, 0.2) is 64.3 Å². The van der Waals surface area contributed by atoms with Gasteiger partial charge in [0, 0.05) is 18.3 Å². The number of aromatic nitrogens is 2. The van der Waals surface area contributed by atoms with Crippen molar-refractivity contribution in [3.05, 3.63) is 87.3 Å². The highest BCUT2D eigenvalue weighted by atomic mass is 32.2. The summed E-state index contributed by atoms with van der Waals surface area (Å²) >= 11 is 0. The van der Waals surface area contributed by atoms with Crippen LogP contribution in [0.25, 0.3) is 5.69 Å². The number of benzene rings is 2. The Morgan fingerprint density at radius 3 is 2.33 bits per heavy atom. The number of para-hydroxylation sites is 1. The van der Waals surface area contributed by atoms with Crippen molar-refractivity contribution < 1.29 is 26.4 Å². The number of halogens is 3. The van der Waals surface area contributed by atoms with Gasteiger partial charge in [-0.3, -0.25) is 9.59 Å². The minimum absolute atomic E-state index is 0.0338. The molecule has 0 radical (unpaired) electrons. The van der Waals surface area contributed by atoms with Crippen LogP contribution in [0.4, 0.5) is 13.2 Å². The van der Waals surface area contributed by atoms with Crippen LogP contribution >= 0.6 is 0 Å². The first-order chi connectivity index (χ1) is 15.4. The van der Waals surface area contributed by atoms with Gasteiger partial charge in [-0.2, -0.15) is 18.3 Å². The summed E-state index contributed by atoms with van der Waals surface area (Å²) in [6.07, 6.45) is -4.66. The maximum atomic E-state index is 13.4. The number of carbonyl (C=O) groups is 1. The molecule has 3 aromatic rings. The minimum Gasteiger partial charge on any atom is -0.346 e. The van der Waals surface area contributed by atoms with Crippen LogP contribution in [-0.2, 0) is 22.7 Å². The molecule has 3 rings (SSSR count). The monoisotopic (exact) mass is 480 g/mol. The highest BCUT2D eigenvalue weighted by molar-refractivity contribution is 7.89. The van der Waals surface area contributed by atoms with E-state index in [2.05, 4.69) is 15.1 Å². The number of hydrogen-bond donors (Lipinski definition) is 2. The van der Waals surface area contributed by atoms with E-state index in [0.717, 1.165) is 16.8 Å². The average molecular weight is 480 g/mol. The second-order valence-corrected chi connectivity index (χ2v) is 8.85. The molecule has 8 nitrogen and oxygen atoms in total. The Morgan fingerprint density at radius 2 is 1.73 bits per heavy atom. The third-order valence-corrected chi connectivity index (χ3v) is 6.15. The first-order valence-electron chi connectivity index (χ1n) is 9.52. The molecule has 0 atom stereocenters. The third kappa shape index (κ3) is 5.29. The van der Waals surface area contributed by atoms with E-state index in [1.54, 1.807) is 0 Å². The number of rotatable bonds is 6. The fraction of sp³-hybridized carbons (Fsp3) is 0.190. The molecular formula is C21H19F3N4O4S. The van der Waals surface area contributed by atoms with E-state index in [9.17, 15) is 31.2 Å². The normalized spacial score (nSPS) is 11.9. The average Bonchev–Trinajstić information content (AvgIpc) is 2.77. The molecular weight excluding hydrogens is 461 g/mol. The Bertz CT molecular complexity index is 1350. The Balaban J connectivity index is 1.88. The fourth-order valence-electron chi connectivity index (χ4n) is 3.02. The van der Waals surface area contributed by atoms with Crippen molar-refractivity contribution in [1.29, 1.82) is 0 Å². The summed E-state index contributed by atoms with van der Waals surface area (Å²) < 4.78 is 66.9. The van der Waals surface area contributed by atoms with Crippen LogP contribution in [-0.4, -0.2) is 31.2 Å². The van der Waals surface area contributed by atoms with E-state index < -0.39 is 38.8 Å². The van der Waals surface area contributed by atoms with E-state index in [1.807, 2.05) is 0 Å². The Labute approximate surface area is 187 Å². The molecule has 0 spiro atoms. The van der Waals surface area contributed by atoms with Gasteiger partial charge in [0.25, 0.3) is 5.91 Å². The molecule has 0 aliphatic heterocycles. The van der Waals surface area contributed by atoms with Crippen molar-refractivity contribution in [2.75, 3.05) is 7.05 Å². The lowest BCUT2D eigenvalue weighted by Gasteiger charge is -2.16. The van der Waals surface area contributed by atoms with Gasteiger partial charge in [0.1, 0.15) is 0 Å². The Hall–Kier alpha value is -3.51. The van der Waals surface area contributed by atoms with Crippen LogP contribution in [0, 0.1) is 6.92 Å². The van der Waals surface area contributed by atoms with Crippen molar-refractivity contribution in [3.63, 3.8) is 0 Å². The quantitative estimate of drug-likeness (QED) is 0.563. The van der Waals surface area contributed by atoms with Gasteiger partial charge < -0.3 is 5.32 Å². The predicted molar refractivity (Wildman–Crippen MR) is 113 cm³/mol. The molecule has 174 valence electrons. The van der Waals surface area contributed by atoms with E-state index in [-0.39, 0.29) is 22.8 Å². The third-order valence-electron chi connectivity index (χ3n) is 4.72. The maximum absolute atomic E-state index is 13.4. The Morgan fingerprint density at radius 1 is 1.09 bits per heavy atom. The lowest BCUT2D eigenvalue weighted by atomic mass is 10.1. The molecule has 0 fully saturated rings. The lowest BCUT2D eigenvalue weighted by Crippen LogP contribution is -2.32. The summed E-state index contributed by atoms with van der Waals surface area (Å²) in [7, 11) is -2.34. The van der Waals surface area contributed by atoms with Gasteiger partial charge in [0.05, 0.1) is 16.1 Å². The molecule has 1 amide bonds. The summed E-state index contributed by atoms with van der Waals surface area (Å²) in [5, 5.41) is 6.36. The second-order valence-electron chi connectivity index (χ2n) is 6.96. The summed E-state index contributed by atoms with van der Waals surface area (Å²) in [5.74, 6) is -0.884. The smallest absolute Gasteiger partial charge is 0.346 e. The highest BCUT2D eigenvalue weighted by Gasteiger charge is 2.34. The summed E-state index contributed by atoms with van der Waals surface area (Å²) in [6.45, 7) is 1.34. The van der Waals surface area contributed by atoms with Gasteiger partial charge in [-0.05, 0) is 43.8 Å². The molecule has 0 saturated carbocycles. The van der Waals surface area contributed by atoms with Gasteiger partial charge in [-0.15, -0.1) is 0 Å². The standard InChI is InChI=1S/C21H19F3N4O4S/c1-13-11-18(29)19(27-28(13)17-6-4-3-5-16(17)21(22,23)24)20(30)26-12-14-7-9-15(10-8-14)33(31,32)25-2/h3-11,25H,12H2,1-2H3,(H,26,30). The van der Waals surface area contributed by atoms with Crippen molar-refractivity contribution >= 4 is 15.9 Å². The zero-order chi connectivity index (χ0) is 24.4. The van der Waals surface area contributed by atoms with Gasteiger partial charge in [-0.25, -0.2) is 17.8 Å². The molecule has 33 heavy (non-hydrogen) atoms. The van der Waals surface area contributed by atoms with Crippen LogP contribution in [0.2, 0.25) is 0 Å². The zero-order valence-electron chi connectivity index (χ0n) is 17.5. The molecule has 0 aliphatic rings. The highest BCUT2D eigenvalue weighted by Crippen LogP contribution is 2.33. The molecule has 1 aromatic heterocycles. The van der Waals surface area contributed by atoms with E-state index >= 15 is 0 Å². The summed E-state index contributed by atoms with van der Waals surface area (Å²) in [5.41, 5.74) is -1.96. The first-order valence-corrected chi connectivity index (χ1v) is 11.0. The number of nitrogens with zero attached hydrogens (tertiary/aromatic N) is 2. The second kappa shape index (κ2) is 9.16. The number of aryl methyl sites for hydroxylation is 1. The molecule has 2 N–H and O–H groups in total. The number of sulfonamides is 1. The van der Waals surface area contributed by atoms with Gasteiger partial charge in [-0.1, -0.05) is 24.3 Å². The van der Waals surface area contributed by atoms with Crippen LogP contribution in [0.3, 0.4) is 0 Å². The molecule has 0 aliphatic carbocycles. The molecule has 0 bridgehead atoms. The predicted octanol–water partition coefficient (Wildman–Crippen LogP) is 2.40. The van der Waals surface area contributed by atoms with Crippen molar-refractivity contribution in [2.45, 2.75) is 24.5 Å². The SMILES string of the molecule is CNS(=O)(=O)c1ccc(CNC(=O)c2nn(-c3ccccc3C(F)(F)F)c(C)cc2=O)cc1. The number of nitrogens with one attached hydrogen (secondary N) is 2. The molecule has 0 unspecified atom stereocenters. The number of alkyl halides is 3. The van der Waals surface area contributed by atoms with Gasteiger partial charge >= 0.3 is 6.18 Å². The van der Waals surface area contributed by atoms with Crippen molar-refractivity contribution in [2.24, 2.45) is 0 Å². The van der Waals surface area contributed by atoms with Crippen molar-refractivity contribution in [1.82, 2.24) is 19.8 Å². The molecule has 2 aromatic carbocycles. The fourth-order valence-corrected chi connectivity index (χ4v) is 3.75. The summed E-state index contributed by atoms with van der Waals surface area (Å²) in [6, 6.07) is 11.4. The zero-order valence-corrected chi connectivity index (χ0v) is 18.3. The first kappa shape index (κ1) is 24.1. The summed E-state index contributed by atoms with van der Waals surface area (Å²) in [4.78, 5) is 24.9. The van der Waals surface area contributed by atoms with E-state index in [1.165, 1.54) is 56.4 Å². The largest absolute Gasteiger partial charge is 0.418 e. The van der Waals surface area contributed by atoms with E-state index in [0.29, 0.717) is 5.56 Å². The molecule has 1 heterocycles. The number of hydrogen-bond acceptors (Lipinski definition) is 5. The molecule has 12 heteroatoms. The van der Waals surface area contributed by atoms with Crippen molar-refractivity contribution in [3.8, 4) is 5.69 Å². The minimum atomic E-state index is -4.66. The molecule has 0 saturated heterocycles. The number of amides is 1. The topological polar surface area (TPSA) is 110 Å². The van der Waals surface area contributed by atoms with Crippen LogP contribution in [0.1, 0.15) is 27.3 Å². The lowest BCUT2D eigenvalue weighted by molar-refractivity contribution is -0.137. The van der Waals surface area contributed by atoms with Crippen LogP contribution in [0.5, 0.6) is 0 Å². The maximum Gasteiger partial charge on any atom is 0.418 e. The van der Waals surface area contributed by atoms with E-state index in [4.69, 9.17) is 0 Å². The van der Waals surface area contributed by atoms with Crippen LogP contribution < -0.4 is 15.5 Å². The van der Waals surface area contributed by atoms with Gasteiger partial charge in [0.2, 0.25) is 15.5 Å².